The molecule has 5 nitrogen and oxygen atoms in total. The summed E-state index contributed by atoms with van der Waals surface area (Å²) in [5.74, 6) is -2.03. The average molecular weight is 492 g/mol. The number of hydrogen-bond donors (Lipinski definition) is 1. The van der Waals surface area contributed by atoms with Gasteiger partial charge in [0.25, 0.3) is 0 Å². The Morgan fingerprint density at radius 2 is 1.59 bits per heavy atom. The fourth-order valence-electron chi connectivity index (χ4n) is 3.32. The Morgan fingerprint density at radius 3 is 1.97 bits per heavy atom. The number of hydrogen-bond acceptors (Lipinski definition) is 6. The van der Waals surface area contributed by atoms with Crippen molar-refractivity contribution >= 4 is 27.0 Å². The number of rotatable bonds is 8. The topological polar surface area (TPSA) is 84.3 Å². The van der Waals surface area contributed by atoms with Crippen molar-refractivity contribution < 1.29 is 31.5 Å². The Hall–Kier alpha value is -1.78. The van der Waals surface area contributed by atoms with E-state index in [1.165, 1.54) is 20.0 Å². The zero-order valence-electron chi connectivity index (χ0n) is 18.9. The van der Waals surface area contributed by atoms with Crippen molar-refractivity contribution in [3.63, 3.8) is 0 Å². The molecule has 0 spiro atoms. The molecule has 0 aliphatic heterocycles. The number of benzene rings is 1. The summed E-state index contributed by atoms with van der Waals surface area (Å²) in [6.45, 7) is 9.92. The van der Waals surface area contributed by atoms with Crippen LogP contribution in [0.25, 0.3) is 0 Å². The Labute approximate surface area is 190 Å². The minimum absolute atomic E-state index is 0.274. The standard InChI is InChI=1S/C22H28F3NO4S2/c1-12(2)16-7-14(22(23,24)25)8-17(13(3)4)18(16)9-15(27)11-32(29,30)20-26-10-19(31-20)21(5,6)28/h7-8,10,12-13,28H,9,11H2,1-6H3. The lowest BCUT2D eigenvalue weighted by Gasteiger charge is -2.22. The van der Waals surface area contributed by atoms with Crippen LogP contribution >= 0.6 is 11.3 Å². The van der Waals surface area contributed by atoms with Crippen molar-refractivity contribution in [2.45, 2.75) is 75.9 Å². The van der Waals surface area contributed by atoms with Crippen LogP contribution < -0.4 is 0 Å². The molecule has 10 heteroatoms. The van der Waals surface area contributed by atoms with Crippen molar-refractivity contribution in [1.82, 2.24) is 4.98 Å². The van der Waals surface area contributed by atoms with E-state index in [9.17, 15) is 31.5 Å². The predicted molar refractivity (Wildman–Crippen MR) is 118 cm³/mol. The molecule has 0 saturated heterocycles. The van der Waals surface area contributed by atoms with Gasteiger partial charge in [0.2, 0.25) is 14.2 Å². The Balaban J connectivity index is 2.41. The van der Waals surface area contributed by atoms with Gasteiger partial charge in [-0.3, -0.25) is 4.79 Å². The normalized spacial score (nSPS) is 13.2. The maximum atomic E-state index is 13.4. The second-order valence-electron chi connectivity index (χ2n) is 8.96. The van der Waals surface area contributed by atoms with E-state index in [-0.39, 0.29) is 22.6 Å². The van der Waals surface area contributed by atoms with Crippen LogP contribution in [0.5, 0.6) is 0 Å². The summed E-state index contributed by atoms with van der Waals surface area (Å²) in [6, 6.07) is 2.09. The zero-order valence-corrected chi connectivity index (χ0v) is 20.5. The van der Waals surface area contributed by atoms with E-state index < -0.39 is 38.7 Å². The van der Waals surface area contributed by atoms with Gasteiger partial charge in [-0.2, -0.15) is 13.2 Å². The lowest BCUT2D eigenvalue weighted by atomic mass is 9.84. The largest absolute Gasteiger partial charge is 0.416 e. The number of ketones is 1. The summed E-state index contributed by atoms with van der Waals surface area (Å²) < 4.78 is 65.3. The van der Waals surface area contributed by atoms with Crippen LogP contribution in [-0.4, -0.2) is 30.0 Å². The molecule has 1 aromatic carbocycles. The van der Waals surface area contributed by atoms with Gasteiger partial charge in [-0.25, -0.2) is 13.4 Å². The zero-order chi connectivity index (χ0) is 24.6. The van der Waals surface area contributed by atoms with E-state index in [0.717, 1.165) is 23.5 Å². The Bertz CT molecular complexity index is 1070. The third kappa shape index (κ3) is 6.17. The van der Waals surface area contributed by atoms with Gasteiger partial charge in [0.1, 0.15) is 5.75 Å². The lowest BCUT2D eigenvalue weighted by molar-refractivity contribution is -0.137. The molecule has 0 atom stereocenters. The molecule has 0 fully saturated rings. The van der Waals surface area contributed by atoms with Crippen LogP contribution in [0, 0.1) is 0 Å². The highest BCUT2D eigenvalue weighted by Crippen LogP contribution is 2.37. The van der Waals surface area contributed by atoms with E-state index in [0.29, 0.717) is 21.6 Å². The maximum absolute atomic E-state index is 13.4. The molecule has 0 aliphatic carbocycles. The number of alkyl halides is 3. The molecule has 32 heavy (non-hydrogen) atoms. The van der Waals surface area contributed by atoms with Crippen molar-refractivity contribution in [2.24, 2.45) is 0 Å². The molecular formula is C22H28F3NO4S2. The van der Waals surface area contributed by atoms with Gasteiger partial charge in [0.05, 0.1) is 16.0 Å². The van der Waals surface area contributed by atoms with E-state index in [2.05, 4.69) is 4.98 Å². The molecule has 0 bridgehead atoms. The summed E-state index contributed by atoms with van der Waals surface area (Å²) >= 11 is 0.790. The molecule has 0 amide bonds. The molecule has 0 unspecified atom stereocenters. The molecule has 0 radical (unpaired) electrons. The van der Waals surface area contributed by atoms with Crippen LogP contribution in [0.15, 0.2) is 22.7 Å². The van der Waals surface area contributed by atoms with Crippen molar-refractivity contribution in [3.05, 3.63) is 45.5 Å². The highest BCUT2D eigenvalue weighted by molar-refractivity contribution is 7.94. The third-order valence-electron chi connectivity index (χ3n) is 4.97. The maximum Gasteiger partial charge on any atom is 0.416 e. The number of carbonyl (C=O) groups is 1. The van der Waals surface area contributed by atoms with E-state index in [1.807, 2.05) is 0 Å². The molecule has 0 aliphatic rings. The number of aromatic nitrogens is 1. The quantitative estimate of drug-likeness (QED) is 0.547. The summed E-state index contributed by atoms with van der Waals surface area (Å²) in [5.41, 5.74) is -0.843. The molecule has 178 valence electrons. The summed E-state index contributed by atoms with van der Waals surface area (Å²) in [6.07, 6.45) is -3.56. The smallest absolute Gasteiger partial charge is 0.385 e. The molecule has 0 saturated carbocycles. The number of Topliss-reactive ketones (excluding diaryl/α,β-unsaturated/α-hetero) is 1. The number of halogens is 3. The first-order valence-corrected chi connectivity index (χ1v) is 12.6. The first kappa shape index (κ1) is 26.5. The average Bonchev–Trinajstić information content (AvgIpc) is 3.11. The highest BCUT2D eigenvalue weighted by atomic mass is 32.2. The molecular weight excluding hydrogens is 463 g/mol. The molecule has 2 rings (SSSR count). The number of nitrogens with zero attached hydrogens (tertiary/aromatic N) is 1. The van der Waals surface area contributed by atoms with Crippen molar-refractivity contribution in [1.29, 1.82) is 0 Å². The first-order valence-electron chi connectivity index (χ1n) is 10.1. The summed E-state index contributed by atoms with van der Waals surface area (Å²) in [7, 11) is -4.05. The van der Waals surface area contributed by atoms with Crippen LogP contribution in [0.1, 0.15) is 80.5 Å². The summed E-state index contributed by atoms with van der Waals surface area (Å²) in [5, 5.41) is 10.0. The molecule has 1 N–H and O–H groups in total. The van der Waals surface area contributed by atoms with Gasteiger partial charge in [-0.15, -0.1) is 11.3 Å². The van der Waals surface area contributed by atoms with Crippen LogP contribution in [0.4, 0.5) is 13.2 Å². The van der Waals surface area contributed by atoms with Crippen molar-refractivity contribution in [2.75, 3.05) is 5.75 Å². The number of carbonyl (C=O) groups excluding carboxylic acids is 1. The molecule has 1 aromatic heterocycles. The molecule has 2 aromatic rings. The minimum atomic E-state index is -4.53. The van der Waals surface area contributed by atoms with Crippen molar-refractivity contribution in [3.8, 4) is 0 Å². The van der Waals surface area contributed by atoms with Gasteiger partial charge in [-0.05, 0) is 54.5 Å². The number of thiazole rings is 1. The van der Waals surface area contributed by atoms with Crippen LogP contribution in [0.3, 0.4) is 0 Å². The van der Waals surface area contributed by atoms with Gasteiger partial charge in [0, 0.05) is 12.6 Å². The number of sulfone groups is 1. The first-order chi connectivity index (χ1) is 14.4. The van der Waals surface area contributed by atoms with E-state index >= 15 is 0 Å². The highest BCUT2D eigenvalue weighted by Gasteiger charge is 2.34. The fourth-order valence-corrected chi connectivity index (χ4v) is 5.79. The van der Waals surface area contributed by atoms with Gasteiger partial charge < -0.3 is 5.11 Å². The predicted octanol–water partition coefficient (Wildman–Crippen LogP) is 5.22. The van der Waals surface area contributed by atoms with E-state index in [1.54, 1.807) is 27.7 Å². The van der Waals surface area contributed by atoms with Crippen LogP contribution in [-0.2, 0) is 32.8 Å². The molecule has 1 heterocycles. The SMILES string of the molecule is CC(C)c1cc(C(F)(F)F)cc(C(C)C)c1CC(=O)CS(=O)(=O)c1ncc(C(C)(C)O)s1. The Kier molecular flexibility index (Phi) is 7.63. The Morgan fingerprint density at radius 1 is 1.09 bits per heavy atom. The van der Waals surface area contributed by atoms with E-state index in [4.69, 9.17) is 0 Å². The van der Waals surface area contributed by atoms with Gasteiger partial charge in [0.15, 0.2) is 5.78 Å². The summed E-state index contributed by atoms with van der Waals surface area (Å²) in [4.78, 5) is 16.9. The van der Waals surface area contributed by atoms with Crippen LogP contribution in [0.2, 0.25) is 0 Å². The van der Waals surface area contributed by atoms with Gasteiger partial charge in [-0.1, -0.05) is 27.7 Å². The second kappa shape index (κ2) is 9.23. The second-order valence-corrected chi connectivity index (χ2v) is 12.2. The fraction of sp³-hybridized carbons (Fsp3) is 0.545. The lowest BCUT2D eigenvalue weighted by Crippen LogP contribution is -2.20. The number of aliphatic hydroxyl groups is 1. The third-order valence-corrected chi connectivity index (χ3v) is 8.42. The van der Waals surface area contributed by atoms with Gasteiger partial charge >= 0.3 is 6.18 Å². The monoisotopic (exact) mass is 491 g/mol. The minimum Gasteiger partial charge on any atom is -0.385 e.